The second-order valence-electron chi connectivity index (χ2n) is 3.23. The molecular weight excluding hydrogens is 148 g/mol. The van der Waals surface area contributed by atoms with Gasteiger partial charge in [-0.15, -0.1) is 0 Å². The van der Waals surface area contributed by atoms with E-state index in [0.29, 0.717) is 0 Å². The fourth-order valence-corrected chi connectivity index (χ4v) is 1.69. The molecule has 0 bridgehead atoms. The third-order valence-electron chi connectivity index (χ3n) is 2.54. The van der Waals surface area contributed by atoms with Gasteiger partial charge in [-0.05, 0) is 38.2 Å². The van der Waals surface area contributed by atoms with Crippen molar-refractivity contribution in [2.75, 3.05) is 14.1 Å². The van der Waals surface area contributed by atoms with E-state index in [9.17, 15) is 0 Å². The molecule has 68 valence electrons. The van der Waals surface area contributed by atoms with Gasteiger partial charge in [0.25, 0.3) is 0 Å². The van der Waals surface area contributed by atoms with Crippen LogP contribution in [0.3, 0.4) is 0 Å². The third kappa shape index (κ3) is 1.87. The van der Waals surface area contributed by atoms with Crippen LogP contribution in [0.25, 0.3) is 0 Å². The van der Waals surface area contributed by atoms with Crippen LogP contribution in [0.2, 0.25) is 0 Å². The first-order valence-electron chi connectivity index (χ1n) is 4.63. The standard InChI is InChI=1S/C10H18N2/c1-8(11-2)9-6-4-5-7-10(9)12-3/h11H,4-7H2,1-3H3/b9-8-,12-10?. The third-order valence-corrected chi connectivity index (χ3v) is 2.54. The van der Waals surface area contributed by atoms with Crippen LogP contribution < -0.4 is 5.32 Å². The van der Waals surface area contributed by atoms with Crippen LogP contribution in [0.15, 0.2) is 16.3 Å². The van der Waals surface area contributed by atoms with Crippen LogP contribution in [0.5, 0.6) is 0 Å². The minimum atomic E-state index is 1.16. The van der Waals surface area contributed by atoms with Crippen molar-refractivity contribution in [3.8, 4) is 0 Å². The number of hydrogen-bond acceptors (Lipinski definition) is 2. The summed E-state index contributed by atoms with van der Waals surface area (Å²) in [4.78, 5) is 4.32. The van der Waals surface area contributed by atoms with Gasteiger partial charge in [-0.1, -0.05) is 0 Å². The molecule has 0 unspecified atom stereocenters. The van der Waals surface area contributed by atoms with Gasteiger partial charge < -0.3 is 5.32 Å². The van der Waals surface area contributed by atoms with Crippen molar-refractivity contribution >= 4 is 5.71 Å². The summed E-state index contributed by atoms with van der Waals surface area (Å²) in [6, 6.07) is 0. The number of nitrogens with one attached hydrogen (secondary N) is 1. The van der Waals surface area contributed by atoms with Crippen molar-refractivity contribution < 1.29 is 0 Å². The van der Waals surface area contributed by atoms with Crippen LogP contribution in [-0.4, -0.2) is 19.8 Å². The van der Waals surface area contributed by atoms with E-state index in [0.717, 1.165) is 6.42 Å². The molecule has 0 radical (unpaired) electrons. The average Bonchev–Trinajstić information content (AvgIpc) is 2.16. The second-order valence-corrected chi connectivity index (χ2v) is 3.23. The Morgan fingerprint density at radius 1 is 1.33 bits per heavy atom. The summed E-state index contributed by atoms with van der Waals surface area (Å²) in [7, 11) is 3.87. The maximum absolute atomic E-state index is 4.32. The molecule has 0 heterocycles. The molecule has 1 aliphatic carbocycles. The Hall–Kier alpha value is -0.790. The molecule has 0 spiro atoms. The maximum atomic E-state index is 4.32. The van der Waals surface area contributed by atoms with Gasteiger partial charge in [-0.2, -0.15) is 0 Å². The van der Waals surface area contributed by atoms with Crippen LogP contribution in [0.1, 0.15) is 32.6 Å². The summed E-state index contributed by atoms with van der Waals surface area (Å²) in [6.07, 6.45) is 4.96. The fourth-order valence-electron chi connectivity index (χ4n) is 1.69. The lowest BCUT2D eigenvalue weighted by molar-refractivity contribution is 0.720. The average molecular weight is 166 g/mol. The van der Waals surface area contributed by atoms with Gasteiger partial charge >= 0.3 is 0 Å². The Bertz CT molecular complexity index is 211. The molecule has 2 heteroatoms. The lowest BCUT2D eigenvalue weighted by atomic mass is 9.91. The molecule has 0 aliphatic heterocycles. The molecule has 1 aliphatic rings. The first kappa shape index (κ1) is 9.30. The van der Waals surface area contributed by atoms with Gasteiger partial charge in [0.2, 0.25) is 0 Å². The highest BCUT2D eigenvalue weighted by Gasteiger charge is 2.14. The maximum Gasteiger partial charge on any atom is 0.0393 e. The summed E-state index contributed by atoms with van der Waals surface area (Å²) in [5.74, 6) is 0. The van der Waals surface area contributed by atoms with E-state index in [1.165, 1.54) is 36.2 Å². The SMILES string of the molecule is CN=C1CCCC/C1=C(\C)NC. The van der Waals surface area contributed by atoms with Crippen molar-refractivity contribution in [2.45, 2.75) is 32.6 Å². The van der Waals surface area contributed by atoms with E-state index in [4.69, 9.17) is 0 Å². The van der Waals surface area contributed by atoms with E-state index in [-0.39, 0.29) is 0 Å². The molecule has 1 N–H and O–H groups in total. The van der Waals surface area contributed by atoms with Crippen molar-refractivity contribution in [3.05, 3.63) is 11.3 Å². The van der Waals surface area contributed by atoms with E-state index >= 15 is 0 Å². The normalized spacial score (nSPS) is 25.8. The predicted molar refractivity (Wildman–Crippen MR) is 53.6 cm³/mol. The molecule has 12 heavy (non-hydrogen) atoms. The topological polar surface area (TPSA) is 24.4 Å². The first-order chi connectivity index (χ1) is 5.79. The summed E-state index contributed by atoms with van der Waals surface area (Å²) in [5.41, 5.74) is 4.02. The highest BCUT2D eigenvalue weighted by molar-refractivity contribution is 6.01. The van der Waals surface area contributed by atoms with Gasteiger partial charge in [0.15, 0.2) is 0 Å². The lowest BCUT2D eigenvalue weighted by Crippen LogP contribution is -2.16. The monoisotopic (exact) mass is 166 g/mol. The zero-order valence-corrected chi connectivity index (χ0v) is 8.28. The molecule has 1 saturated carbocycles. The van der Waals surface area contributed by atoms with E-state index < -0.39 is 0 Å². The van der Waals surface area contributed by atoms with E-state index in [1.807, 2.05) is 14.1 Å². The van der Waals surface area contributed by atoms with E-state index in [2.05, 4.69) is 17.2 Å². The first-order valence-corrected chi connectivity index (χ1v) is 4.63. The molecule has 0 saturated heterocycles. The fraction of sp³-hybridized carbons (Fsp3) is 0.700. The Balaban J connectivity index is 2.85. The van der Waals surface area contributed by atoms with Crippen molar-refractivity contribution in [1.29, 1.82) is 0 Å². The van der Waals surface area contributed by atoms with Gasteiger partial charge in [-0.3, -0.25) is 4.99 Å². The van der Waals surface area contributed by atoms with Crippen molar-refractivity contribution in [2.24, 2.45) is 4.99 Å². The van der Waals surface area contributed by atoms with E-state index in [1.54, 1.807) is 0 Å². The second kappa shape index (κ2) is 4.29. The molecule has 0 aromatic rings. The van der Waals surface area contributed by atoms with Gasteiger partial charge in [-0.25, -0.2) is 0 Å². The van der Waals surface area contributed by atoms with Crippen LogP contribution in [0.4, 0.5) is 0 Å². The highest BCUT2D eigenvalue weighted by atomic mass is 14.8. The lowest BCUT2D eigenvalue weighted by Gasteiger charge is -2.19. The Labute approximate surface area is 74.8 Å². The Kier molecular flexibility index (Phi) is 3.32. The number of hydrogen-bond donors (Lipinski definition) is 1. The van der Waals surface area contributed by atoms with Gasteiger partial charge in [0.05, 0.1) is 0 Å². The minimum Gasteiger partial charge on any atom is -0.391 e. The summed E-state index contributed by atoms with van der Waals surface area (Å²) in [5, 5.41) is 3.20. The quantitative estimate of drug-likeness (QED) is 0.634. The summed E-state index contributed by atoms with van der Waals surface area (Å²) in [6.45, 7) is 2.13. The molecule has 2 nitrogen and oxygen atoms in total. The number of nitrogens with zero attached hydrogens (tertiary/aromatic N) is 1. The largest absolute Gasteiger partial charge is 0.391 e. The smallest absolute Gasteiger partial charge is 0.0393 e. The summed E-state index contributed by atoms with van der Waals surface area (Å²) < 4.78 is 0. The van der Waals surface area contributed by atoms with Crippen LogP contribution >= 0.6 is 0 Å². The molecule has 0 atom stereocenters. The Morgan fingerprint density at radius 3 is 2.58 bits per heavy atom. The molecular formula is C10H18N2. The number of rotatable bonds is 1. The van der Waals surface area contributed by atoms with Gasteiger partial charge in [0.1, 0.15) is 0 Å². The molecule has 0 amide bonds. The number of allylic oxidation sites excluding steroid dienone is 2. The Morgan fingerprint density at radius 2 is 2.00 bits per heavy atom. The zero-order valence-electron chi connectivity index (χ0n) is 8.28. The van der Waals surface area contributed by atoms with Crippen molar-refractivity contribution in [3.63, 3.8) is 0 Å². The van der Waals surface area contributed by atoms with Crippen LogP contribution in [0, 0.1) is 0 Å². The zero-order chi connectivity index (χ0) is 8.97. The van der Waals surface area contributed by atoms with Crippen LogP contribution in [-0.2, 0) is 0 Å². The molecule has 0 aromatic carbocycles. The summed E-state index contributed by atoms with van der Waals surface area (Å²) >= 11 is 0. The molecule has 1 fully saturated rings. The molecule has 1 rings (SSSR count). The minimum absolute atomic E-state index is 1.16. The van der Waals surface area contributed by atoms with Crippen molar-refractivity contribution in [1.82, 2.24) is 5.32 Å². The highest BCUT2D eigenvalue weighted by Crippen LogP contribution is 2.22. The van der Waals surface area contributed by atoms with Gasteiger partial charge in [0, 0.05) is 25.5 Å². The number of aliphatic imine (C=N–C) groups is 1. The predicted octanol–water partition coefficient (Wildman–Crippen LogP) is 2.12. The molecule has 0 aromatic heterocycles.